The van der Waals surface area contributed by atoms with Crippen molar-refractivity contribution in [2.45, 2.75) is 19.8 Å². The Labute approximate surface area is 91.2 Å². The van der Waals surface area contributed by atoms with Crippen LogP contribution >= 0.6 is 0 Å². The first-order valence-corrected chi connectivity index (χ1v) is 5.51. The lowest BCUT2D eigenvalue weighted by atomic mass is 10.1. The lowest BCUT2D eigenvalue weighted by Gasteiger charge is -2.06. The van der Waals surface area contributed by atoms with Crippen LogP contribution in [0, 0.1) is 5.92 Å². The lowest BCUT2D eigenvalue weighted by Crippen LogP contribution is -2.27. The molecule has 0 radical (unpaired) electrons. The van der Waals surface area contributed by atoms with Crippen LogP contribution in [0.2, 0.25) is 0 Å². The highest BCUT2D eigenvalue weighted by molar-refractivity contribution is 5.87. The number of amides is 1. The van der Waals surface area contributed by atoms with Crippen LogP contribution in [0.25, 0.3) is 0 Å². The molecular formula is C12H19NO2. The fourth-order valence-corrected chi connectivity index (χ4v) is 1.41. The van der Waals surface area contributed by atoms with Crippen LogP contribution in [-0.2, 0) is 9.53 Å². The zero-order chi connectivity index (χ0) is 10.9. The van der Waals surface area contributed by atoms with Crippen LogP contribution in [0.3, 0.4) is 0 Å². The molecule has 0 saturated carbocycles. The summed E-state index contributed by atoms with van der Waals surface area (Å²) in [6.07, 6.45) is 9.27. The van der Waals surface area contributed by atoms with Crippen molar-refractivity contribution in [1.82, 2.24) is 5.32 Å². The maximum absolute atomic E-state index is 11.3. The van der Waals surface area contributed by atoms with Gasteiger partial charge in [0.05, 0.1) is 6.61 Å². The van der Waals surface area contributed by atoms with Gasteiger partial charge in [0.1, 0.15) is 0 Å². The molecular weight excluding hydrogens is 190 g/mol. The smallest absolute Gasteiger partial charge is 0.243 e. The number of nitrogens with one attached hydrogen (secondary N) is 1. The predicted molar refractivity (Wildman–Crippen MR) is 60.5 cm³/mol. The highest BCUT2D eigenvalue weighted by Gasteiger charge is 2.15. The van der Waals surface area contributed by atoms with Crippen LogP contribution in [0.15, 0.2) is 24.3 Å². The van der Waals surface area contributed by atoms with Crippen molar-refractivity contribution in [3.05, 3.63) is 24.3 Å². The van der Waals surface area contributed by atoms with E-state index in [9.17, 15) is 4.79 Å². The first-order valence-electron chi connectivity index (χ1n) is 5.51. The first kappa shape index (κ1) is 12.0. The summed E-state index contributed by atoms with van der Waals surface area (Å²) in [6.45, 7) is 4.39. The summed E-state index contributed by atoms with van der Waals surface area (Å²) in [4.78, 5) is 11.3. The molecule has 1 amide bonds. The van der Waals surface area contributed by atoms with Gasteiger partial charge in [-0.25, -0.2) is 0 Å². The fraction of sp³-hybridized carbons (Fsp3) is 0.583. The normalized spacial score (nSPS) is 21.5. The third-order valence-corrected chi connectivity index (χ3v) is 2.32. The van der Waals surface area contributed by atoms with Gasteiger partial charge in [0.15, 0.2) is 0 Å². The summed E-state index contributed by atoms with van der Waals surface area (Å²) < 4.78 is 5.22. The Kier molecular flexibility index (Phi) is 5.78. The van der Waals surface area contributed by atoms with E-state index < -0.39 is 0 Å². The average molecular weight is 209 g/mol. The monoisotopic (exact) mass is 209 g/mol. The Morgan fingerprint density at radius 2 is 2.40 bits per heavy atom. The van der Waals surface area contributed by atoms with Gasteiger partial charge in [0.2, 0.25) is 5.91 Å². The summed E-state index contributed by atoms with van der Waals surface area (Å²) in [5, 5.41) is 2.86. The molecule has 0 aromatic rings. The predicted octanol–water partition coefficient (Wildman–Crippen LogP) is 1.66. The topological polar surface area (TPSA) is 38.3 Å². The highest BCUT2D eigenvalue weighted by atomic mass is 16.5. The Morgan fingerprint density at radius 1 is 1.53 bits per heavy atom. The Hall–Kier alpha value is -1.09. The molecule has 3 heteroatoms. The molecule has 1 saturated heterocycles. The summed E-state index contributed by atoms with van der Waals surface area (Å²) in [5.74, 6) is 0.469. The minimum Gasteiger partial charge on any atom is -0.381 e. The standard InChI is InChI=1S/C12H19NO2/c1-2-3-4-5-6-12(14)13-9-11-7-8-15-10-11/h3-6,11H,2,7-10H2,1H3,(H,13,14)/b4-3+,6-5+. The molecule has 1 aliphatic rings. The number of hydrogen-bond acceptors (Lipinski definition) is 2. The molecule has 0 aliphatic carbocycles. The molecule has 3 nitrogen and oxygen atoms in total. The molecule has 1 heterocycles. The van der Waals surface area contributed by atoms with Gasteiger partial charge in [0, 0.05) is 25.1 Å². The number of carbonyl (C=O) groups is 1. The third kappa shape index (κ3) is 5.37. The van der Waals surface area contributed by atoms with Crippen molar-refractivity contribution in [3.8, 4) is 0 Å². The van der Waals surface area contributed by atoms with Crippen molar-refractivity contribution in [1.29, 1.82) is 0 Å². The van der Waals surface area contributed by atoms with E-state index in [2.05, 4.69) is 12.2 Å². The van der Waals surface area contributed by atoms with Crippen molar-refractivity contribution in [2.75, 3.05) is 19.8 Å². The summed E-state index contributed by atoms with van der Waals surface area (Å²) in [5.41, 5.74) is 0. The third-order valence-electron chi connectivity index (χ3n) is 2.32. The molecule has 1 atom stereocenters. The first-order chi connectivity index (χ1) is 7.33. The summed E-state index contributed by atoms with van der Waals surface area (Å²) >= 11 is 0. The molecule has 0 aromatic carbocycles. The minimum absolute atomic E-state index is 0.0253. The average Bonchev–Trinajstić information content (AvgIpc) is 2.74. The quantitative estimate of drug-likeness (QED) is 0.552. The highest BCUT2D eigenvalue weighted by Crippen LogP contribution is 2.10. The van der Waals surface area contributed by atoms with Gasteiger partial charge < -0.3 is 10.1 Å². The van der Waals surface area contributed by atoms with E-state index >= 15 is 0 Å². The minimum atomic E-state index is -0.0253. The molecule has 15 heavy (non-hydrogen) atoms. The van der Waals surface area contributed by atoms with Gasteiger partial charge in [0.25, 0.3) is 0 Å². The van der Waals surface area contributed by atoms with Crippen LogP contribution in [0.4, 0.5) is 0 Å². The van der Waals surface area contributed by atoms with Gasteiger partial charge in [-0.3, -0.25) is 4.79 Å². The second kappa shape index (κ2) is 7.23. The van der Waals surface area contributed by atoms with Crippen molar-refractivity contribution >= 4 is 5.91 Å². The number of allylic oxidation sites excluding steroid dienone is 3. The number of hydrogen-bond donors (Lipinski definition) is 1. The zero-order valence-corrected chi connectivity index (χ0v) is 9.24. The number of carbonyl (C=O) groups excluding carboxylic acids is 1. The fourth-order valence-electron chi connectivity index (χ4n) is 1.41. The Morgan fingerprint density at radius 3 is 3.07 bits per heavy atom. The SMILES string of the molecule is CC/C=C/C=C/C(=O)NCC1CCOC1. The molecule has 84 valence electrons. The van der Waals surface area contributed by atoms with E-state index in [1.54, 1.807) is 12.2 Å². The second-order valence-electron chi connectivity index (χ2n) is 3.67. The maximum atomic E-state index is 11.3. The van der Waals surface area contributed by atoms with Crippen molar-refractivity contribution in [2.24, 2.45) is 5.92 Å². The van der Waals surface area contributed by atoms with Gasteiger partial charge in [-0.15, -0.1) is 0 Å². The van der Waals surface area contributed by atoms with Crippen LogP contribution < -0.4 is 5.32 Å². The zero-order valence-electron chi connectivity index (χ0n) is 9.24. The molecule has 0 bridgehead atoms. The van der Waals surface area contributed by atoms with Crippen LogP contribution in [0.5, 0.6) is 0 Å². The summed E-state index contributed by atoms with van der Waals surface area (Å²) in [7, 11) is 0. The van der Waals surface area contributed by atoms with Crippen molar-refractivity contribution < 1.29 is 9.53 Å². The second-order valence-corrected chi connectivity index (χ2v) is 3.67. The molecule has 1 unspecified atom stereocenters. The largest absolute Gasteiger partial charge is 0.381 e. The molecule has 1 rings (SSSR count). The lowest BCUT2D eigenvalue weighted by molar-refractivity contribution is -0.116. The van der Waals surface area contributed by atoms with Gasteiger partial charge in [-0.05, 0) is 12.8 Å². The molecule has 0 aromatic heterocycles. The summed E-state index contributed by atoms with van der Waals surface area (Å²) in [6, 6.07) is 0. The van der Waals surface area contributed by atoms with Gasteiger partial charge >= 0.3 is 0 Å². The van der Waals surface area contributed by atoms with E-state index in [1.165, 1.54) is 0 Å². The van der Waals surface area contributed by atoms with E-state index in [1.807, 2.05) is 12.2 Å². The molecule has 0 spiro atoms. The van der Waals surface area contributed by atoms with Crippen LogP contribution in [0.1, 0.15) is 19.8 Å². The van der Waals surface area contributed by atoms with Crippen LogP contribution in [-0.4, -0.2) is 25.7 Å². The number of rotatable bonds is 5. The van der Waals surface area contributed by atoms with E-state index in [0.29, 0.717) is 5.92 Å². The molecule has 1 N–H and O–H groups in total. The number of ether oxygens (including phenoxy) is 1. The van der Waals surface area contributed by atoms with Gasteiger partial charge in [-0.2, -0.15) is 0 Å². The van der Waals surface area contributed by atoms with E-state index in [4.69, 9.17) is 4.74 Å². The molecule has 1 aliphatic heterocycles. The van der Waals surface area contributed by atoms with E-state index in [-0.39, 0.29) is 5.91 Å². The van der Waals surface area contributed by atoms with Crippen molar-refractivity contribution in [3.63, 3.8) is 0 Å². The van der Waals surface area contributed by atoms with Gasteiger partial charge in [-0.1, -0.05) is 25.2 Å². The molecule has 1 fully saturated rings. The maximum Gasteiger partial charge on any atom is 0.243 e. The van der Waals surface area contributed by atoms with E-state index in [0.717, 1.165) is 32.6 Å². The Balaban J connectivity index is 2.12. The Bertz CT molecular complexity index is 240.